The fraction of sp³-hybridized carbons (Fsp3) is 0.135. The highest BCUT2D eigenvalue weighted by Gasteiger charge is 2.25. The molecule has 9 nitrogen and oxygen atoms in total. The van der Waals surface area contributed by atoms with E-state index in [0.29, 0.717) is 40.3 Å². The summed E-state index contributed by atoms with van der Waals surface area (Å²) >= 11 is 0. The van der Waals surface area contributed by atoms with E-state index in [9.17, 15) is 19.5 Å². The van der Waals surface area contributed by atoms with Crippen LogP contribution in [0.15, 0.2) is 78.9 Å². The monoisotopic (exact) mass is 610 g/mol. The van der Waals surface area contributed by atoms with Crippen molar-refractivity contribution in [3.8, 4) is 29.4 Å². The third kappa shape index (κ3) is 6.91. The maximum absolute atomic E-state index is 13.0. The molecule has 0 aromatic heterocycles. The summed E-state index contributed by atoms with van der Waals surface area (Å²) < 4.78 is 6.24. The highest BCUT2D eigenvalue weighted by molar-refractivity contribution is 6.02. The molecule has 3 N–H and O–H groups in total. The van der Waals surface area contributed by atoms with E-state index in [0.717, 1.165) is 21.7 Å². The Morgan fingerprint density at radius 1 is 0.935 bits per heavy atom. The van der Waals surface area contributed by atoms with Gasteiger partial charge in [-0.15, -0.1) is 0 Å². The molecule has 0 unspecified atom stereocenters. The number of carbonyl (C=O) groups is 3. The van der Waals surface area contributed by atoms with Crippen LogP contribution in [0.2, 0.25) is 0 Å². The molecule has 5 rings (SSSR count). The number of carboxylic acid groups (broad SMARTS) is 1. The van der Waals surface area contributed by atoms with Crippen molar-refractivity contribution in [3.63, 3.8) is 0 Å². The predicted octanol–water partition coefficient (Wildman–Crippen LogP) is 4.24. The first-order valence-electron chi connectivity index (χ1n) is 14.4. The molecule has 228 valence electrons. The van der Waals surface area contributed by atoms with Gasteiger partial charge in [0.15, 0.2) is 6.07 Å². The Balaban J connectivity index is 1.32. The predicted molar refractivity (Wildman–Crippen MR) is 176 cm³/mol. The average molecular weight is 611 g/mol. The molecule has 0 atom stereocenters. The second-order valence-corrected chi connectivity index (χ2v) is 10.8. The quantitative estimate of drug-likeness (QED) is 0.168. The number of fused-ring (bicyclic) bond motifs is 2. The molecule has 0 spiro atoms. The molecule has 0 bridgehead atoms. The van der Waals surface area contributed by atoms with Gasteiger partial charge in [0.25, 0.3) is 5.91 Å². The highest BCUT2D eigenvalue weighted by atomic mass is 16.5. The summed E-state index contributed by atoms with van der Waals surface area (Å²) in [6, 6.07) is 24.4. The lowest BCUT2D eigenvalue weighted by Crippen LogP contribution is -2.26. The van der Waals surface area contributed by atoms with E-state index in [2.05, 4.69) is 29.1 Å². The third-order valence-corrected chi connectivity index (χ3v) is 7.37. The van der Waals surface area contributed by atoms with E-state index in [1.165, 1.54) is 6.07 Å². The van der Waals surface area contributed by atoms with Crippen LogP contribution in [0.5, 0.6) is 11.5 Å². The molecule has 0 saturated heterocycles. The summed E-state index contributed by atoms with van der Waals surface area (Å²) in [6.45, 7) is 4.22. The van der Waals surface area contributed by atoms with E-state index < -0.39 is 11.9 Å². The number of anilines is 2. The van der Waals surface area contributed by atoms with Crippen molar-refractivity contribution >= 4 is 41.3 Å². The fourth-order valence-corrected chi connectivity index (χ4v) is 5.09. The van der Waals surface area contributed by atoms with Gasteiger partial charge in [-0.3, -0.25) is 9.59 Å². The molecule has 4 aromatic rings. The van der Waals surface area contributed by atoms with E-state index in [1.54, 1.807) is 42.5 Å². The summed E-state index contributed by atoms with van der Waals surface area (Å²) in [4.78, 5) is 39.9. The Labute approximate surface area is 266 Å². The van der Waals surface area contributed by atoms with Gasteiger partial charge in [0.2, 0.25) is 5.91 Å². The molecule has 46 heavy (non-hydrogen) atoms. The van der Waals surface area contributed by atoms with Crippen LogP contribution >= 0.6 is 0 Å². The van der Waals surface area contributed by atoms with E-state index in [1.807, 2.05) is 55.4 Å². The fourth-order valence-electron chi connectivity index (χ4n) is 5.09. The zero-order chi connectivity index (χ0) is 32.8. The maximum Gasteiger partial charge on any atom is 0.336 e. The first-order chi connectivity index (χ1) is 22.1. The first kappa shape index (κ1) is 31.1. The molecule has 0 aliphatic carbocycles. The van der Waals surface area contributed by atoms with Gasteiger partial charge < -0.3 is 25.4 Å². The molecule has 9 heteroatoms. The standard InChI is InChI=1S/C37H30N4O5/c1-23-8-15-29-32(20-23)46-33-22-27(41(2)3)14-17-30(33)35(29)28-16-11-25(21-31(28)37(44)45)36(43)39-19-5-7-34(42)40-26-12-9-24(10-13-26)6-4-18-38/h8-17,20-22H,1,5,7,19H2,2-3H3,(H,39,43)(H,40,42)(H,44,45). The molecule has 1 aliphatic heterocycles. The largest absolute Gasteiger partial charge is 0.478 e. The van der Waals surface area contributed by atoms with Gasteiger partial charge in [-0.1, -0.05) is 30.7 Å². The van der Waals surface area contributed by atoms with Crippen LogP contribution in [-0.2, 0) is 4.79 Å². The Hall–Kier alpha value is -6.32. The topological polar surface area (TPSA) is 132 Å². The number of amides is 2. The Morgan fingerprint density at radius 2 is 1.70 bits per heavy atom. The van der Waals surface area contributed by atoms with Gasteiger partial charge in [0.05, 0.1) is 5.56 Å². The van der Waals surface area contributed by atoms with Crippen LogP contribution in [0.25, 0.3) is 12.2 Å². The minimum atomic E-state index is -1.17. The van der Waals surface area contributed by atoms with Crippen LogP contribution in [0.3, 0.4) is 0 Å². The van der Waals surface area contributed by atoms with Crippen molar-refractivity contribution in [1.82, 2.24) is 5.32 Å². The summed E-state index contributed by atoms with van der Waals surface area (Å²) in [5, 5.41) is 25.8. The third-order valence-electron chi connectivity index (χ3n) is 7.37. The SMILES string of the molecule is C=c1ccc2c(c1)Oc1cc(N(C)C)ccc1C=2c1ccc(C(=O)NCCCC(=O)Nc2ccc(C#CC#N)cc2)cc1C(=O)O. The van der Waals surface area contributed by atoms with Gasteiger partial charge in [-0.2, -0.15) is 5.26 Å². The number of rotatable bonds is 9. The van der Waals surface area contributed by atoms with Crippen molar-refractivity contribution in [2.75, 3.05) is 30.9 Å². The normalized spacial score (nSPS) is 11.0. The minimum Gasteiger partial charge on any atom is -0.478 e. The molecule has 0 saturated carbocycles. The number of hydrogen-bond acceptors (Lipinski definition) is 6. The molecule has 0 fully saturated rings. The summed E-state index contributed by atoms with van der Waals surface area (Å²) in [6.07, 6.45) is 0.543. The van der Waals surface area contributed by atoms with Gasteiger partial charge in [0.1, 0.15) is 11.5 Å². The second-order valence-electron chi connectivity index (χ2n) is 10.8. The summed E-state index contributed by atoms with van der Waals surface area (Å²) in [5.74, 6) is 4.30. The smallest absolute Gasteiger partial charge is 0.336 e. The average Bonchev–Trinajstić information content (AvgIpc) is 3.04. The zero-order valence-corrected chi connectivity index (χ0v) is 25.3. The number of ether oxygens (including phenoxy) is 1. The van der Waals surface area contributed by atoms with Crippen LogP contribution < -0.4 is 30.7 Å². The van der Waals surface area contributed by atoms with E-state index in [4.69, 9.17) is 10.00 Å². The van der Waals surface area contributed by atoms with Crippen LogP contribution in [0.1, 0.15) is 50.2 Å². The Morgan fingerprint density at radius 3 is 2.41 bits per heavy atom. The minimum absolute atomic E-state index is 0.0270. The summed E-state index contributed by atoms with van der Waals surface area (Å²) in [5.41, 5.74) is 4.20. The van der Waals surface area contributed by atoms with Crippen molar-refractivity contribution < 1.29 is 24.2 Å². The van der Waals surface area contributed by atoms with E-state index >= 15 is 0 Å². The lowest BCUT2D eigenvalue weighted by molar-refractivity contribution is -0.116. The van der Waals surface area contributed by atoms with Crippen LogP contribution in [-0.4, -0.2) is 43.5 Å². The molecule has 1 aliphatic rings. The number of carbonyl (C=O) groups excluding carboxylic acids is 2. The Kier molecular flexibility index (Phi) is 9.16. The van der Waals surface area contributed by atoms with E-state index in [-0.39, 0.29) is 30.0 Å². The molecule has 0 radical (unpaired) electrons. The zero-order valence-electron chi connectivity index (χ0n) is 25.3. The van der Waals surface area contributed by atoms with Crippen molar-refractivity contribution in [3.05, 3.63) is 117 Å². The second kappa shape index (κ2) is 13.5. The first-order valence-corrected chi connectivity index (χ1v) is 14.4. The van der Waals surface area contributed by atoms with Gasteiger partial charge in [-0.25, -0.2) is 4.79 Å². The van der Waals surface area contributed by atoms with Gasteiger partial charge in [0, 0.05) is 77.9 Å². The lowest BCUT2D eigenvalue weighted by atomic mass is 9.88. The molecule has 1 heterocycles. The van der Waals surface area contributed by atoms with Crippen molar-refractivity contribution in [2.45, 2.75) is 12.8 Å². The number of nitriles is 1. The maximum atomic E-state index is 13.0. The van der Waals surface area contributed by atoms with Gasteiger partial charge in [-0.05, 0) is 71.8 Å². The molecule has 2 amide bonds. The molecule has 4 aromatic carbocycles. The van der Waals surface area contributed by atoms with Crippen molar-refractivity contribution in [2.24, 2.45) is 0 Å². The molecular formula is C37H30N4O5. The number of carboxylic acids is 1. The van der Waals surface area contributed by atoms with Crippen LogP contribution in [0.4, 0.5) is 11.4 Å². The number of benzene rings is 4. The number of nitrogens with zero attached hydrogens (tertiary/aromatic N) is 2. The number of aromatic carboxylic acids is 1. The van der Waals surface area contributed by atoms with Gasteiger partial charge >= 0.3 is 5.97 Å². The van der Waals surface area contributed by atoms with Crippen molar-refractivity contribution in [1.29, 1.82) is 5.26 Å². The Bertz CT molecular complexity index is 2080. The number of nitrogens with one attached hydrogen (secondary N) is 2. The number of hydrogen-bond donors (Lipinski definition) is 3. The molecular weight excluding hydrogens is 580 g/mol. The summed E-state index contributed by atoms with van der Waals surface area (Å²) in [7, 11) is 3.85. The lowest BCUT2D eigenvalue weighted by Gasteiger charge is -2.24. The van der Waals surface area contributed by atoms with Crippen LogP contribution in [0, 0.1) is 23.2 Å². The highest BCUT2D eigenvalue weighted by Crippen LogP contribution is 2.39.